The summed E-state index contributed by atoms with van der Waals surface area (Å²) in [6.07, 6.45) is 2.61. The number of aromatic nitrogens is 1. The molecule has 0 spiro atoms. The Balaban J connectivity index is 1.99. The first kappa shape index (κ1) is 13.1. The molecule has 1 amide bonds. The zero-order chi connectivity index (χ0) is 13.1. The van der Waals surface area contributed by atoms with Gasteiger partial charge >= 0.3 is 0 Å². The average molecular weight is 251 g/mol. The number of likely N-dealkylation sites (N-methyl/N-ethyl adjacent to an activating group) is 1. The number of hydrogen-bond acceptors (Lipinski definition) is 4. The van der Waals surface area contributed by atoms with Crippen molar-refractivity contribution in [2.24, 2.45) is 0 Å². The van der Waals surface area contributed by atoms with Gasteiger partial charge in [-0.15, -0.1) is 0 Å². The zero-order valence-electron chi connectivity index (χ0n) is 11.3. The highest BCUT2D eigenvalue weighted by atomic mass is 16.5. The Bertz CT molecular complexity index is 408. The highest BCUT2D eigenvalue weighted by Crippen LogP contribution is 2.16. The number of hydrogen-bond donors (Lipinski definition) is 1. The fourth-order valence-corrected chi connectivity index (χ4v) is 2.46. The molecule has 1 saturated heterocycles. The van der Waals surface area contributed by atoms with Gasteiger partial charge in [0.2, 0.25) is 5.91 Å². The van der Waals surface area contributed by atoms with E-state index < -0.39 is 0 Å². The van der Waals surface area contributed by atoms with Gasteiger partial charge < -0.3 is 14.7 Å². The fourth-order valence-electron chi connectivity index (χ4n) is 2.46. The van der Waals surface area contributed by atoms with Crippen molar-refractivity contribution in [1.82, 2.24) is 15.4 Å². The van der Waals surface area contributed by atoms with Crippen molar-refractivity contribution in [3.63, 3.8) is 0 Å². The molecule has 18 heavy (non-hydrogen) atoms. The van der Waals surface area contributed by atoms with E-state index in [1.807, 2.05) is 25.8 Å². The summed E-state index contributed by atoms with van der Waals surface area (Å²) >= 11 is 0. The molecule has 100 valence electrons. The van der Waals surface area contributed by atoms with Gasteiger partial charge in [-0.2, -0.15) is 0 Å². The van der Waals surface area contributed by atoms with Gasteiger partial charge in [0.15, 0.2) is 0 Å². The van der Waals surface area contributed by atoms with Crippen molar-refractivity contribution in [1.29, 1.82) is 0 Å². The normalized spacial score (nSPS) is 20.2. The van der Waals surface area contributed by atoms with E-state index in [-0.39, 0.29) is 5.91 Å². The van der Waals surface area contributed by atoms with Crippen LogP contribution in [0.4, 0.5) is 0 Å². The Labute approximate surface area is 108 Å². The summed E-state index contributed by atoms with van der Waals surface area (Å²) < 4.78 is 5.09. The van der Waals surface area contributed by atoms with Crippen molar-refractivity contribution in [2.45, 2.75) is 39.2 Å². The van der Waals surface area contributed by atoms with Crippen LogP contribution >= 0.6 is 0 Å². The Hall–Kier alpha value is -1.36. The number of rotatable bonds is 3. The second-order valence-electron chi connectivity index (χ2n) is 4.95. The summed E-state index contributed by atoms with van der Waals surface area (Å²) in [7, 11) is 1.95. The van der Waals surface area contributed by atoms with Crippen LogP contribution in [0.25, 0.3) is 0 Å². The largest absolute Gasteiger partial charge is 0.361 e. The minimum atomic E-state index is 0.171. The number of nitrogens with zero attached hydrogens (tertiary/aromatic N) is 2. The van der Waals surface area contributed by atoms with Gasteiger partial charge in [-0.05, 0) is 33.7 Å². The SMILES string of the molecule is CNC1CCCN(C(=O)Cc2c(C)noc2C)C1. The molecule has 1 aliphatic rings. The molecule has 0 bridgehead atoms. The number of aryl methyl sites for hydroxylation is 2. The van der Waals surface area contributed by atoms with E-state index in [4.69, 9.17) is 4.52 Å². The lowest BCUT2D eigenvalue weighted by Gasteiger charge is -2.32. The van der Waals surface area contributed by atoms with Crippen molar-refractivity contribution in [3.05, 3.63) is 17.0 Å². The van der Waals surface area contributed by atoms with E-state index in [1.165, 1.54) is 0 Å². The molecule has 1 aliphatic heterocycles. The van der Waals surface area contributed by atoms with Crippen molar-refractivity contribution < 1.29 is 9.32 Å². The maximum atomic E-state index is 12.3. The van der Waals surface area contributed by atoms with Gasteiger partial charge in [-0.1, -0.05) is 5.16 Å². The summed E-state index contributed by atoms with van der Waals surface area (Å²) in [5, 5.41) is 7.13. The molecule has 1 unspecified atom stereocenters. The minimum absolute atomic E-state index is 0.171. The van der Waals surface area contributed by atoms with Gasteiger partial charge in [0.1, 0.15) is 5.76 Å². The Morgan fingerprint density at radius 2 is 2.33 bits per heavy atom. The maximum Gasteiger partial charge on any atom is 0.227 e. The van der Waals surface area contributed by atoms with Crippen LogP contribution in [0.1, 0.15) is 29.9 Å². The maximum absolute atomic E-state index is 12.3. The molecule has 5 heteroatoms. The summed E-state index contributed by atoms with van der Waals surface area (Å²) in [5.41, 5.74) is 1.76. The summed E-state index contributed by atoms with van der Waals surface area (Å²) in [4.78, 5) is 14.2. The summed E-state index contributed by atoms with van der Waals surface area (Å²) in [6, 6.07) is 0.423. The second kappa shape index (κ2) is 5.52. The van der Waals surface area contributed by atoms with Crippen LogP contribution in [0.15, 0.2) is 4.52 Å². The Kier molecular flexibility index (Phi) is 4.01. The first-order valence-corrected chi connectivity index (χ1v) is 6.48. The third-order valence-electron chi connectivity index (χ3n) is 3.69. The number of carbonyl (C=O) groups is 1. The Morgan fingerprint density at radius 3 is 2.94 bits per heavy atom. The zero-order valence-corrected chi connectivity index (χ0v) is 11.3. The third kappa shape index (κ3) is 2.72. The average Bonchev–Trinajstić information content (AvgIpc) is 2.70. The van der Waals surface area contributed by atoms with Crippen molar-refractivity contribution >= 4 is 5.91 Å². The first-order valence-electron chi connectivity index (χ1n) is 6.48. The number of piperidine rings is 1. The van der Waals surface area contributed by atoms with Gasteiger partial charge in [-0.25, -0.2) is 0 Å². The van der Waals surface area contributed by atoms with Gasteiger partial charge in [0, 0.05) is 24.7 Å². The van der Waals surface area contributed by atoms with Crippen LogP contribution in [0.5, 0.6) is 0 Å². The van der Waals surface area contributed by atoms with Crippen LogP contribution in [0.3, 0.4) is 0 Å². The van der Waals surface area contributed by atoms with Crippen LogP contribution < -0.4 is 5.32 Å². The van der Waals surface area contributed by atoms with Gasteiger partial charge in [0.05, 0.1) is 12.1 Å². The van der Waals surface area contributed by atoms with Crippen molar-refractivity contribution in [3.8, 4) is 0 Å². The summed E-state index contributed by atoms with van der Waals surface area (Å²) in [6.45, 7) is 5.40. The van der Waals surface area contributed by atoms with Gasteiger partial charge in [-0.3, -0.25) is 4.79 Å². The smallest absolute Gasteiger partial charge is 0.227 e. The van der Waals surface area contributed by atoms with E-state index in [0.29, 0.717) is 12.5 Å². The highest BCUT2D eigenvalue weighted by molar-refractivity contribution is 5.79. The molecule has 1 N–H and O–H groups in total. The van der Waals surface area contributed by atoms with Gasteiger partial charge in [0.25, 0.3) is 0 Å². The molecular formula is C13H21N3O2. The predicted octanol–water partition coefficient (Wildman–Crippen LogP) is 1.04. The molecule has 1 fully saturated rings. The Morgan fingerprint density at radius 1 is 1.56 bits per heavy atom. The lowest BCUT2D eigenvalue weighted by atomic mass is 10.0. The standard InChI is InChI=1S/C13H21N3O2/c1-9-12(10(2)18-15-9)7-13(17)16-6-4-5-11(8-16)14-3/h11,14H,4-8H2,1-3H3. The van der Waals surface area contributed by atoms with E-state index in [2.05, 4.69) is 10.5 Å². The number of carbonyl (C=O) groups excluding carboxylic acids is 1. The monoisotopic (exact) mass is 251 g/mol. The molecule has 1 aromatic heterocycles. The third-order valence-corrected chi connectivity index (χ3v) is 3.69. The molecule has 2 rings (SSSR count). The number of amides is 1. The van der Waals surface area contributed by atoms with E-state index >= 15 is 0 Å². The number of likely N-dealkylation sites (tertiary alicyclic amines) is 1. The van der Waals surface area contributed by atoms with Crippen LogP contribution in [-0.4, -0.2) is 42.1 Å². The second-order valence-corrected chi connectivity index (χ2v) is 4.95. The molecule has 0 radical (unpaired) electrons. The number of nitrogens with one attached hydrogen (secondary N) is 1. The van der Waals surface area contributed by atoms with Crippen molar-refractivity contribution in [2.75, 3.05) is 20.1 Å². The molecule has 1 atom stereocenters. The van der Waals surface area contributed by atoms with Crippen LogP contribution in [0, 0.1) is 13.8 Å². The fraction of sp³-hybridized carbons (Fsp3) is 0.692. The predicted molar refractivity (Wildman–Crippen MR) is 68.3 cm³/mol. The van der Waals surface area contributed by atoms with E-state index in [0.717, 1.165) is 42.9 Å². The molecule has 0 saturated carbocycles. The highest BCUT2D eigenvalue weighted by Gasteiger charge is 2.24. The molecule has 0 aliphatic carbocycles. The molecule has 1 aromatic rings. The topological polar surface area (TPSA) is 58.4 Å². The molecule has 2 heterocycles. The molecule has 0 aromatic carbocycles. The summed E-state index contributed by atoms with van der Waals surface area (Å²) in [5.74, 6) is 0.923. The van der Waals surface area contributed by atoms with Crippen LogP contribution in [-0.2, 0) is 11.2 Å². The minimum Gasteiger partial charge on any atom is -0.361 e. The first-order chi connectivity index (χ1) is 8.61. The molecule has 5 nitrogen and oxygen atoms in total. The quantitative estimate of drug-likeness (QED) is 0.872. The lowest BCUT2D eigenvalue weighted by molar-refractivity contribution is -0.131. The lowest BCUT2D eigenvalue weighted by Crippen LogP contribution is -2.47. The van der Waals surface area contributed by atoms with Crippen LogP contribution in [0.2, 0.25) is 0 Å². The van der Waals surface area contributed by atoms with E-state index in [1.54, 1.807) is 0 Å². The van der Waals surface area contributed by atoms with E-state index in [9.17, 15) is 4.79 Å². The molecular weight excluding hydrogens is 230 g/mol.